The molecular weight excluding hydrogens is 869 g/mol. The van der Waals surface area contributed by atoms with Gasteiger partial charge in [-0.2, -0.15) is 0 Å². The van der Waals surface area contributed by atoms with Crippen LogP contribution in [-0.2, 0) is 6.42 Å². The van der Waals surface area contributed by atoms with Crippen LogP contribution in [0.5, 0.6) is 0 Å². The first-order valence-electron chi connectivity index (χ1n) is 24.9. The smallest absolute Gasteiger partial charge is 0.0468 e. The molecule has 2 heteroatoms. The Kier molecular flexibility index (Phi) is 12.2. The second-order valence-corrected chi connectivity index (χ2v) is 18.6. The summed E-state index contributed by atoms with van der Waals surface area (Å²) in [5.74, 6) is 0.172. The molecule has 0 aliphatic heterocycles. The van der Waals surface area contributed by atoms with Crippen molar-refractivity contribution in [3.63, 3.8) is 0 Å². The Hall–Kier alpha value is -9.24. The van der Waals surface area contributed by atoms with Crippen molar-refractivity contribution in [1.29, 1.82) is 0 Å². The highest BCUT2D eigenvalue weighted by Gasteiger charge is 2.20. The summed E-state index contributed by atoms with van der Waals surface area (Å²) in [6, 6.07) is 106. The molecule has 0 heterocycles. The summed E-state index contributed by atoms with van der Waals surface area (Å²) in [6.07, 6.45) is 3.22. The van der Waals surface area contributed by atoms with Crippen molar-refractivity contribution in [1.82, 2.24) is 0 Å². The molecule has 0 saturated carbocycles. The van der Waals surface area contributed by atoms with Gasteiger partial charge in [-0.05, 0) is 163 Å². The monoisotopic (exact) mass is 920 g/mol. The van der Waals surface area contributed by atoms with Crippen LogP contribution in [0.3, 0.4) is 0 Å². The van der Waals surface area contributed by atoms with E-state index >= 15 is 0 Å². The zero-order valence-corrected chi connectivity index (χ0v) is 40.0. The van der Waals surface area contributed by atoms with E-state index in [4.69, 9.17) is 0 Å². The number of hydrogen-bond acceptors (Lipinski definition) is 2. The number of para-hydroxylation sites is 1. The van der Waals surface area contributed by atoms with Crippen LogP contribution in [0.25, 0.3) is 44.0 Å². The standard InChI is InChI=1S/C70H52N2/c1-4-16-51(17-5-1)46-70(62-33-31-54-19-11-14-24-59(54)49-62)57-35-39-65(40-36-57)71(66-42-44-67(45-43-66)72(63-26-8-3-9-27-63)68-41-34-55-20-12-15-25-60(55)50-68)64-37-28-52(29-38-64)47-69(56-21-6-2-7-22-56)61-32-30-53-18-10-13-23-58(53)48-61/h1-45,47-50,70H,46H2/b69-47+. The molecule has 0 fully saturated rings. The van der Waals surface area contributed by atoms with E-state index in [1.807, 2.05) is 0 Å². The first-order chi connectivity index (χ1) is 35.7. The van der Waals surface area contributed by atoms with Gasteiger partial charge in [-0.3, -0.25) is 0 Å². The molecule has 12 rings (SSSR count). The van der Waals surface area contributed by atoms with Crippen molar-refractivity contribution >= 4 is 78.1 Å². The second kappa shape index (κ2) is 20.0. The Morgan fingerprint density at radius 1 is 0.292 bits per heavy atom. The zero-order valence-electron chi connectivity index (χ0n) is 40.0. The van der Waals surface area contributed by atoms with Crippen LogP contribution >= 0.6 is 0 Å². The molecule has 1 unspecified atom stereocenters. The number of hydrogen-bond donors (Lipinski definition) is 0. The summed E-state index contributed by atoms with van der Waals surface area (Å²) >= 11 is 0. The summed E-state index contributed by atoms with van der Waals surface area (Å²) in [5, 5.41) is 7.42. The average molecular weight is 921 g/mol. The third kappa shape index (κ3) is 9.30. The van der Waals surface area contributed by atoms with E-state index in [0.29, 0.717) is 0 Å². The highest BCUT2D eigenvalue weighted by atomic mass is 15.2. The van der Waals surface area contributed by atoms with Gasteiger partial charge in [-0.25, -0.2) is 0 Å². The first kappa shape index (κ1) is 44.0. The largest absolute Gasteiger partial charge is 0.311 e. The van der Waals surface area contributed by atoms with Crippen LogP contribution in [0, 0.1) is 0 Å². The fraction of sp³-hybridized carbons (Fsp3) is 0.0286. The third-order valence-electron chi connectivity index (χ3n) is 14.0. The summed E-state index contributed by atoms with van der Waals surface area (Å²) in [6.45, 7) is 0. The summed E-state index contributed by atoms with van der Waals surface area (Å²) < 4.78 is 0. The van der Waals surface area contributed by atoms with Gasteiger partial charge in [0.25, 0.3) is 0 Å². The topological polar surface area (TPSA) is 6.48 Å². The minimum atomic E-state index is 0.172. The van der Waals surface area contributed by atoms with Crippen LogP contribution in [0.4, 0.5) is 34.1 Å². The van der Waals surface area contributed by atoms with Crippen LogP contribution in [0.2, 0.25) is 0 Å². The van der Waals surface area contributed by atoms with E-state index in [9.17, 15) is 0 Å². The Balaban J connectivity index is 0.946. The quantitative estimate of drug-likeness (QED) is 0.106. The Labute approximate surface area is 422 Å². The van der Waals surface area contributed by atoms with Crippen molar-refractivity contribution in [2.75, 3.05) is 9.80 Å². The molecule has 12 aromatic rings. The van der Waals surface area contributed by atoms with E-state index in [-0.39, 0.29) is 5.92 Å². The van der Waals surface area contributed by atoms with Crippen LogP contribution in [0.15, 0.2) is 291 Å². The van der Waals surface area contributed by atoms with Crippen LogP contribution in [-0.4, -0.2) is 0 Å². The lowest BCUT2D eigenvalue weighted by atomic mass is 9.85. The van der Waals surface area contributed by atoms with E-state index in [1.165, 1.54) is 65.7 Å². The Morgan fingerprint density at radius 2 is 0.694 bits per heavy atom. The molecule has 72 heavy (non-hydrogen) atoms. The van der Waals surface area contributed by atoms with E-state index < -0.39 is 0 Å². The predicted molar refractivity (Wildman–Crippen MR) is 307 cm³/mol. The minimum absolute atomic E-state index is 0.172. The van der Waals surface area contributed by atoms with Crippen molar-refractivity contribution in [3.8, 4) is 0 Å². The fourth-order valence-electron chi connectivity index (χ4n) is 10.3. The molecule has 0 aliphatic carbocycles. The fourth-order valence-corrected chi connectivity index (χ4v) is 10.3. The van der Waals surface area contributed by atoms with E-state index in [1.54, 1.807) is 0 Å². The van der Waals surface area contributed by atoms with Gasteiger partial charge < -0.3 is 9.80 Å². The van der Waals surface area contributed by atoms with Crippen molar-refractivity contribution < 1.29 is 0 Å². The van der Waals surface area contributed by atoms with Crippen LogP contribution in [0.1, 0.15) is 39.3 Å². The first-order valence-corrected chi connectivity index (χ1v) is 24.9. The van der Waals surface area contributed by atoms with Crippen molar-refractivity contribution in [2.45, 2.75) is 12.3 Å². The second-order valence-electron chi connectivity index (χ2n) is 18.6. The number of benzene rings is 12. The minimum Gasteiger partial charge on any atom is -0.311 e. The molecule has 0 amide bonds. The normalized spacial score (nSPS) is 12.0. The lowest BCUT2D eigenvalue weighted by Crippen LogP contribution is -2.12. The molecule has 0 bridgehead atoms. The molecule has 0 aromatic heterocycles. The maximum Gasteiger partial charge on any atom is 0.0468 e. The maximum absolute atomic E-state index is 2.38. The molecule has 342 valence electrons. The SMILES string of the molecule is C(=C(/c1ccccc1)c1ccc2ccccc2c1)/c1ccc(N(c2ccc(C(Cc3ccccc3)c3ccc4ccccc4c3)cc2)c2ccc(N(c3ccccc3)c3ccc4ccccc4c3)cc2)cc1. The molecule has 0 radical (unpaired) electrons. The van der Waals surface area contributed by atoms with Gasteiger partial charge in [0.2, 0.25) is 0 Å². The molecule has 0 N–H and O–H groups in total. The van der Waals surface area contributed by atoms with Crippen molar-refractivity contribution in [3.05, 3.63) is 325 Å². The number of rotatable bonds is 13. The highest BCUT2D eigenvalue weighted by molar-refractivity contribution is 5.96. The van der Waals surface area contributed by atoms with Gasteiger partial charge in [-0.15, -0.1) is 0 Å². The Morgan fingerprint density at radius 3 is 1.29 bits per heavy atom. The molecule has 0 saturated heterocycles. The molecule has 0 aliphatic rings. The molecule has 12 aromatic carbocycles. The lowest BCUT2D eigenvalue weighted by molar-refractivity contribution is 0.806. The number of nitrogens with zero attached hydrogens (tertiary/aromatic N) is 2. The molecular formula is C70H52N2. The lowest BCUT2D eigenvalue weighted by Gasteiger charge is -2.29. The van der Waals surface area contributed by atoms with Gasteiger partial charge in [0.1, 0.15) is 0 Å². The van der Waals surface area contributed by atoms with Gasteiger partial charge in [0.15, 0.2) is 0 Å². The van der Waals surface area contributed by atoms with Gasteiger partial charge >= 0.3 is 0 Å². The summed E-state index contributed by atoms with van der Waals surface area (Å²) in [7, 11) is 0. The molecule has 1 atom stereocenters. The van der Waals surface area contributed by atoms with Gasteiger partial charge in [0.05, 0.1) is 0 Å². The van der Waals surface area contributed by atoms with Crippen LogP contribution < -0.4 is 9.80 Å². The van der Waals surface area contributed by atoms with E-state index in [0.717, 1.165) is 46.1 Å². The Bertz CT molecular complexity index is 3810. The average Bonchev–Trinajstić information content (AvgIpc) is 3.45. The zero-order chi connectivity index (χ0) is 48.1. The molecule has 2 nitrogen and oxygen atoms in total. The van der Waals surface area contributed by atoms with Gasteiger partial charge in [-0.1, -0.05) is 212 Å². The third-order valence-corrected chi connectivity index (χ3v) is 14.0. The molecule has 0 spiro atoms. The summed E-state index contributed by atoms with van der Waals surface area (Å²) in [5.41, 5.74) is 15.1. The predicted octanol–water partition coefficient (Wildman–Crippen LogP) is 19.0. The summed E-state index contributed by atoms with van der Waals surface area (Å²) in [4.78, 5) is 4.73. The van der Waals surface area contributed by atoms with Gasteiger partial charge in [0, 0.05) is 40.0 Å². The highest BCUT2D eigenvalue weighted by Crippen LogP contribution is 2.41. The number of fused-ring (bicyclic) bond motifs is 3. The number of anilines is 6. The van der Waals surface area contributed by atoms with E-state index in [2.05, 4.69) is 307 Å². The van der Waals surface area contributed by atoms with Crippen molar-refractivity contribution in [2.24, 2.45) is 0 Å². The maximum atomic E-state index is 2.38.